The zero-order valence-electron chi connectivity index (χ0n) is 9.49. The third-order valence-electron chi connectivity index (χ3n) is 2.81. The summed E-state index contributed by atoms with van der Waals surface area (Å²) in [5.74, 6) is 0.501. The Kier molecular flexibility index (Phi) is 3.56. The molecule has 1 aliphatic carbocycles. The molecular weight excluding hydrogens is 204 g/mol. The molecule has 5 heteroatoms. The summed E-state index contributed by atoms with van der Waals surface area (Å²) in [4.78, 5) is 11.3. The molecule has 1 unspecified atom stereocenters. The highest BCUT2D eigenvalue weighted by Gasteiger charge is 2.28. The molecule has 0 spiro atoms. The van der Waals surface area contributed by atoms with Crippen LogP contribution < -0.4 is 10.6 Å². The summed E-state index contributed by atoms with van der Waals surface area (Å²) in [6, 6.07) is 2.18. The van der Waals surface area contributed by atoms with Crippen molar-refractivity contribution in [1.29, 1.82) is 0 Å². The average molecular weight is 222 g/mol. The van der Waals surface area contributed by atoms with E-state index in [-0.39, 0.29) is 11.9 Å². The minimum atomic E-state index is 0.205. The fourth-order valence-corrected chi connectivity index (χ4v) is 1.58. The second kappa shape index (κ2) is 5.12. The van der Waals surface area contributed by atoms with Crippen molar-refractivity contribution in [1.82, 2.24) is 20.8 Å². The number of rotatable bonds is 6. The molecule has 1 amide bonds. The van der Waals surface area contributed by atoms with Gasteiger partial charge in [-0.1, -0.05) is 0 Å². The lowest BCUT2D eigenvalue weighted by Gasteiger charge is -2.12. The molecule has 0 aromatic carbocycles. The van der Waals surface area contributed by atoms with E-state index in [1.165, 1.54) is 0 Å². The number of H-pyrrole nitrogens is 1. The van der Waals surface area contributed by atoms with Crippen LogP contribution in [-0.2, 0) is 4.79 Å². The fraction of sp³-hybridized carbons (Fsp3) is 0.636. The van der Waals surface area contributed by atoms with Crippen molar-refractivity contribution in [2.24, 2.45) is 5.92 Å². The molecule has 88 valence electrons. The molecule has 1 heterocycles. The number of amides is 1. The molecule has 0 radical (unpaired) electrons. The van der Waals surface area contributed by atoms with Crippen LogP contribution >= 0.6 is 0 Å². The van der Waals surface area contributed by atoms with E-state index in [2.05, 4.69) is 27.8 Å². The smallest absolute Gasteiger partial charge is 0.223 e. The number of nitrogens with zero attached hydrogens (tertiary/aromatic N) is 1. The molecule has 1 aliphatic rings. The maximum Gasteiger partial charge on any atom is 0.223 e. The zero-order valence-corrected chi connectivity index (χ0v) is 9.49. The summed E-state index contributed by atoms with van der Waals surface area (Å²) in [5, 5.41) is 13.0. The van der Waals surface area contributed by atoms with Gasteiger partial charge in [0, 0.05) is 31.2 Å². The number of aromatic nitrogens is 2. The van der Waals surface area contributed by atoms with Crippen LogP contribution in [0.15, 0.2) is 12.3 Å². The van der Waals surface area contributed by atoms with E-state index in [0.717, 1.165) is 25.1 Å². The van der Waals surface area contributed by atoms with E-state index < -0.39 is 0 Å². The Morgan fingerprint density at radius 3 is 3.06 bits per heavy atom. The van der Waals surface area contributed by atoms with Gasteiger partial charge in [-0.2, -0.15) is 5.10 Å². The predicted octanol–water partition coefficient (Wildman–Crippen LogP) is 0.586. The van der Waals surface area contributed by atoms with E-state index in [0.29, 0.717) is 12.5 Å². The molecule has 1 saturated carbocycles. The minimum Gasteiger partial charge on any atom is -0.355 e. The summed E-state index contributed by atoms with van der Waals surface area (Å²) in [6.45, 7) is 3.53. The maximum absolute atomic E-state index is 11.3. The highest BCUT2D eigenvalue weighted by Crippen LogP contribution is 2.28. The average Bonchev–Trinajstić information content (AvgIpc) is 2.99. The van der Waals surface area contributed by atoms with Gasteiger partial charge in [-0.3, -0.25) is 9.89 Å². The number of carbonyl (C=O) groups excluding carboxylic acids is 1. The van der Waals surface area contributed by atoms with Crippen LogP contribution in [0, 0.1) is 5.92 Å². The van der Waals surface area contributed by atoms with Gasteiger partial charge in [-0.05, 0) is 25.8 Å². The molecule has 3 N–H and O–H groups in total. The molecule has 5 nitrogen and oxygen atoms in total. The van der Waals surface area contributed by atoms with Gasteiger partial charge in [0.25, 0.3) is 0 Å². The molecule has 1 aromatic heterocycles. The third-order valence-corrected chi connectivity index (χ3v) is 2.81. The second-order valence-corrected chi connectivity index (χ2v) is 4.25. The summed E-state index contributed by atoms with van der Waals surface area (Å²) in [5.41, 5.74) is 1.06. The SMILES string of the molecule is CC(NCCNC(=O)C1CC1)c1ccn[nH]1. The van der Waals surface area contributed by atoms with Crippen LogP contribution in [0.5, 0.6) is 0 Å². The van der Waals surface area contributed by atoms with Gasteiger partial charge in [0.05, 0.1) is 5.69 Å². The topological polar surface area (TPSA) is 69.8 Å². The number of carbonyl (C=O) groups is 1. The van der Waals surface area contributed by atoms with Crippen molar-refractivity contribution < 1.29 is 4.79 Å². The van der Waals surface area contributed by atoms with Gasteiger partial charge < -0.3 is 10.6 Å². The number of hydrogen-bond donors (Lipinski definition) is 3. The first kappa shape index (κ1) is 11.1. The molecule has 1 aromatic rings. The Morgan fingerprint density at radius 2 is 2.44 bits per heavy atom. The van der Waals surface area contributed by atoms with Gasteiger partial charge in [0.15, 0.2) is 0 Å². The van der Waals surface area contributed by atoms with E-state index in [9.17, 15) is 4.79 Å². The minimum absolute atomic E-state index is 0.205. The molecule has 1 fully saturated rings. The van der Waals surface area contributed by atoms with E-state index in [4.69, 9.17) is 0 Å². The summed E-state index contributed by atoms with van der Waals surface area (Å²) < 4.78 is 0. The van der Waals surface area contributed by atoms with Crippen LogP contribution in [0.4, 0.5) is 0 Å². The molecular formula is C11H18N4O. The van der Waals surface area contributed by atoms with Gasteiger partial charge in [0.2, 0.25) is 5.91 Å². The first-order valence-corrected chi connectivity index (χ1v) is 5.77. The summed E-state index contributed by atoms with van der Waals surface area (Å²) >= 11 is 0. The molecule has 0 bridgehead atoms. The maximum atomic E-state index is 11.3. The van der Waals surface area contributed by atoms with Crippen molar-refractivity contribution in [3.8, 4) is 0 Å². The van der Waals surface area contributed by atoms with Crippen molar-refractivity contribution in [2.45, 2.75) is 25.8 Å². The van der Waals surface area contributed by atoms with Crippen LogP contribution in [0.1, 0.15) is 31.5 Å². The lowest BCUT2D eigenvalue weighted by molar-refractivity contribution is -0.122. The standard InChI is InChI=1S/C11H18N4O/c1-8(10-4-5-14-15-10)12-6-7-13-11(16)9-2-3-9/h4-5,8-9,12H,2-3,6-7H2,1H3,(H,13,16)(H,14,15). The Labute approximate surface area is 95.0 Å². The Bertz CT molecular complexity index is 332. The van der Waals surface area contributed by atoms with Crippen LogP contribution in [0.25, 0.3) is 0 Å². The lowest BCUT2D eigenvalue weighted by atomic mass is 10.2. The number of hydrogen-bond acceptors (Lipinski definition) is 3. The molecule has 0 saturated heterocycles. The summed E-state index contributed by atoms with van der Waals surface area (Å²) in [6.07, 6.45) is 3.86. The fourth-order valence-electron chi connectivity index (χ4n) is 1.58. The first-order valence-electron chi connectivity index (χ1n) is 5.77. The zero-order chi connectivity index (χ0) is 11.4. The highest BCUT2D eigenvalue weighted by atomic mass is 16.2. The van der Waals surface area contributed by atoms with Gasteiger partial charge in [0.1, 0.15) is 0 Å². The molecule has 1 atom stereocenters. The lowest BCUT2D eigenvalue weighted by Crippen LogP contribution is -2.33. The monoisotopic (exact) mass is 222 g/mol. The van der Waals surface area contributed by atoms with E-state index >= 15 is 0 Å². The highest BCUT2D eigenvalue weighted by molar-refractivity contribution is 5.80. The van der Waals surface area contributed by atoms with Crippen molar-refractivity contribution in [2.75, 3.05) is 13.1 Å². The quantitative estimate of drug-likeness (QED) is 0.617. The second-order valence-electron chi connectivity index (χ2n) is 4.25. The number of aromatic amines is 1. The molecule has 16 heavy (non-hydrogen) atoms. The summed E-state index contributed by atoms with van der Waals surface area (Å²) in [7, 11) is 0. The van der Waals surface area contributed by atoms with Crippen LogP contribution in [-0.4, -0.2) is 29.2 Å². The number of nitrogens with one attached hydrogen (secondary N) is 3. The normalized spacial score (nSPS) is 17.1. The van der Waals surface area contributed by atoms with Gasteiger partial charge >= 0.3 is 0 Å². The van der Waals surface area contributed by atoms with E-state index in [1.807, 2.05) is 6.07 Å². The van der Waals surface area contributed by atoms with Crippen molar-refractivity contribution in [3.63, 3.8) is 0 Å². The van der Waals surface area contributed by atoms with E-state index in [1.54, 1.807) is 6.20 Å². The Morgan fingerprint density at radius 1 is 1.62 bits per heavy atom. The van der Waals surface area contributed by atoms with Crippen LogP contribution in [0.2, 0.25) is 0 Å². The molecule has 2 rings (SSSR count). The van der Waals surface area contributed by atoms with Crippen molar-refractivity contribution >= 4 is 5.91 Å². The Hall–Kier alpha value is -1.36. The largest absolute Gasteiger partial charge is 0.355 e. The Balaban J connectivity index is 1.59. The molecule has 0 aliphatic heterocycles. The van der Waals surface area contributed by atoms with Gasteiger partial charge in [-0.15, -0.1) is 0 Å². The van der Waals surface area contributed by atoms with Crippen LogP contribution in [0.3, 0.4) is 0 Å². The van der Waals surface area contributed by atoms with Gasteiger partial charge in [-0.25, -0.2) is 0 Å². The van der Waals surface area contributed by atoms with Crippen molar-refractivity contribution in [3.05, 3.63) is 18.0 Å². The first-order chi connectivity index (χ1) is 7.77. The third kappa shape index (κ3) is 3.06. The predicted molar refractivity (Wildman–Crippen MR) is 60.7 cm³/mol.